The third-order valence-electron chi connectivity index (χ3n) is 2.22. The number of nitrogens with zero attached hydrogens (tertiary/aromatic N) is 1. The maximum absolute atomic E-state index is 12.9. The van der Waals surface area contributed by atoms with Crippen LogP contribution in [0.5, 0.6) is 0 Å². The van der Waals surface area contributed by atoms with Crippen molar-refractivity contribution in [3.8, 4) is 6.07 Å². The lowest BCUT2D eigenvalue weighted by Crippen LogP contribution is -2.18. The molecule has 0 fully saturated rings. The molecule has 0 amide bonds. The highest BCUT2D eigenvalue weighted by molar-refractivity contribution is 5.29. The molecule has 1 aromatic carbocycles. The molecule has 1 aromatic rings. The number of halogens is 1. The van der Waals surface area contributed by atoms with Gasteiger partial charge in [0, 0.05) is 0 Å². The number of rotatable bonds is 3. The molecule has 15 heavy (non-hydrogen) atoms. The van der Waals surface area contributed by atoms with Crippen LogP contribution in [0.2, 0.25) is 0 Å². The van der Waals surface area contributed by atoms with E-state index in [1.165, 1.54) is 18.2 Å². The first-order valence-electron chi connectivity index (χ1n) is 4.55. The van der Waals surface area contributed by atoms with Crippen LogP contribution in [0.25, 0.3) is 0 Å². The van der Waals surface area contributed by atoms with Crippen molar-refractivity contribution in [2.75, 3.05) is 0 Å². The fourth-order valence-corrected chi connectivity index (χ4v) is 1.34. The highest BCUT2D eigenvalue weighted by Crippen LogP contribution is 2.22. The van der Waals surface area contributed by atoms with E-state index in [9.17, 15) is 14.6 Å². The van der Waals surface area contributed by atoms with E-state index in [1.54, 1.807) is 13.0 Å². The summed E-state index contributed by atoms with van der Waals surface area (Å²) in [6.45, 7) is 1.71. The molecule has 0 aliphatic heterocycles. The molecule has 2 atom stereocenters. The Morgan fingerprint density at radius 1 is 1.47 bits per heavy atom. The first-order valence-corrected chi connectivity index (χ1v) is 4.55. The molecular formula is C11H12FNO2. The molecule has 0 saturated carbocycles. The fraction of sp³-hybridized carbons (Fsp3) is 0.364. The summed E-state index contributed by atoms with van der Waals surface area (Å²) in [6, 6.07) is 5.72. The Balaban J connectivity index is 2.95. The Labute approximate surface area is 87.4 Å². The predicted octanol–water partition coefficient (Wildman–Crippen LogP) is 1.44. The van der Waals surface area contributed by atoms with E-state index in [4.69, 9.17) is 5.26 Å². The summed E-state index contributed by atoms with van der Waals surface area (Å²) in [6.07, 6.45) is -2.59. The zero-order valence-electron chi connectivity index (χ0n) is 8.31. The van der Waals surface area contributed by atoms with Crippen LogP contribution in [0, 0.1) is 24.1 Å². The van der Waals surface area contributed by atoms with Crippen molar-refractivity contribution in [1.29, 1.82) is 5.26 Å². The van der Waals surface area contributed by atoms with E-state index >= 15 is 0 Å². The van der Waals surface area contributed by atoms with Gasteiger partial charge in [-0.3, -0.25) is 0 Å². The van der Waals surface area contributed by atoms with E-state index in [0.717, 1.165) is 0 Å². The van der Waals surface area contributed by atoms with E-state index < -0.39 is 18.0 Å². The van der Waals surface area contributed by atoms with Gasteiger partial charge in [0.2, 0.25) is 0 Å². The van der Waals surface area contributed by atoms with Crippen molar-refractivity contribution in [2.45, 2.75) is 25.6 Å². The lowest BCUT2D eigenvalue weighted by atomic mass is 9.98. The summed E-state index contributed by atoms with van der Waals surface area (Å²) >= 11 is 0. The topological polar surface area (TPSA) is 64.2 Å². The summed E-state index contributed by atoms with van der Waals surface area (Å²) in [4.78, 5) is 0. The monoisotopic (exact) mass is 209 g/mol. The molecule has 0 saturated heterocycles. The third kappa shape index (κ3) is 2.75. The number of aliphatic hydroxyl groups is 2. The molecule has 0 radical (unpaired) electrons. The van der Waals surface area contributed by atoms with Gasteiger partial charge in [-0.25, -0.2) is 4.39 Å². The summed E-state index contributed by atoms with van der Waals surface area (Å²) in [7, 11) is 0. The van der Waals surface area contributed by atoms with Gasteiger partial charge in [0.05, 0.1) is 18.6 Å². The largest absolute Gasteiger partial charge is 0.389 e. The van der Waals surface area contributed by atoms with Crippen LogP contribution in [-0.2, 0) is 0 Å². The summed E-state index contributed by atoms with van der Waals surface area (Å²) in [5, 5.41) is 27.4. The molecule has 0 aliphatic carbocycles. The van der Waals surface area contributed by atoms with Crippen LogP contribution in [0.4, 0.5) is 4.39 Å². The minimum Gasteiger partial charge on any atom is -0.389 e. The molecule has 1 rings (SSSR count). The molecule has 3 nitrogen and oxygen atoms in total. The van der Waals surface area contributed by atoms with Crippen LogP contribution in [0.15, 0.2) is 18.2 Å². The molecule has 0 aromatic heterocycles. The Morgan fingerprint density at radius 2 is 2.13 bits per heavy atom. The number of nitriles is 1. The van der Waals surface area contributed by atoms with Gasteiger partial charge < -0.3 is 10.2 Å². The van der Waals surface area contributed by atoms with Crippen LogP contribution >= 0.6 is 0 Å². The van der Waals surface area contributed by atoms with Gasteiger partial charge in [-0.2, -0.15) is 5.26 Å². The van der Waals surface area contributed by atoms with Crippen molar-refractivity contribution < 1.29 is 14.6 Å². The summed E-state index contributed by atoms with van der Waals surface area (Å²) in [5.41, 5.74) is 0.999. The van der Waals surface area contributed by atoms with E-state index in [1.807, 2.05) is 0 Å². The highest BCUT2D eigenvalue weighted by atomic mass is 19.1. The Bertz CT molecular complexity index is 387. The van der Waals surface area contributed by atoms with E-state index in [0.29, 0.717) is 11.1 Å². The molecular weight excluding hydrogens is 197 g/mol. The lowest BCUT2D eigenvalue weighted by Gasteiger charge is -2.17. The van der Waals surface area contributed by atoms with Gasteiger partial charge in [0.25, 0.3) is 0 Å². The number of hydrogen-bond donors (Lipinski definition) is 2. The number of aryl methyl sites for hydroxylation is 1. The fourth-order valence-electron chi connectivity index (χ4n) is 1.34. The molecule has 0 aliphatic rings. The first kappa shape index (κ1) is 11.6. The lowest BCUT2D eigenvalue weighted by molar-refractivity contribution is 0.0211. The normalized spacial score (nSPS) is 14.3. The SMILES string of the molecule is Cc1ccc(F)cc1C(O)C(O)CC#N. The molecule has 0 bridgehead atoms. The van der Waals surface area contributed by atoms with Crippen LogP contribution in [-0.4, -0.2) is 16.3 Å². The minimum absolute atomic E-state index is 0.183. The van der Waals surface area contributed by atoms with Crippen LogP contribution in [0.1, 0.15) is 23.7 Å². The molecule has 2 unspecified atom stereocenters. The minimum atomic E-state index is -1.22. The van der Waals surface area contributed by atoms with Gasteiger partial charge in [0.15, 0.2) is 0 Å². The zero-order chi connectivity index (χ0) is 11.4. The standard InChI is InChI=1S/C11H12FNO2/c1-7-2-3-8(12)6-9(7)11(15)10(14)4-5-13/h2-3,6,10-11,14-15H,4H2,1H3. The maximum Gasteiger partial charge on any atom is 0.123 e. The second-order valence-corrected chi connectivity index (χ2v) is 3.38. The van der Waals surface area contributed by atoms with Gasteiger partial charge in [-0.05, 0) is 30.2 Å². The first-order chi connectivity index (χ1) is 7.06. The van der Waals surface area contributed by atoms with Gasteiger partial charge in [0.1, 0.15) is 11.9 Å². The second kappa shape index (κ2) is 4.87. The zero-order valence-corrected chi connectivity index (χ0v) is 8.31. The van der Waals surface area contributed by atoms with Crippen molar-refractivity contribution in [3.63, 3.8) is 0 Å². The Kier molecular flexibility index (Phi) is 3.78. The smallest absolute Gasteiger partial charge is 0.123 e. The second-order valence-electron chi connectivity index (χ2n) is 3.38. The molecule has 0 heterocycles. The summed E-state index contributed by atoms with van der Waals surface area (Å²) in [5.74, 6) is -0.473. The average molecular weight is 209 g/mol. The van der Waals surface area contributed by atoms with E-state index in [2.05, 4.69) is 0 Å². The molecule has 4 heteroatoms. The third-order valence-corrected chi connectivity index (χ3v) is 2.22. The highest BCUT2D eigenvalue weighted by Gasteiger charge is 2.20. The van der Waals surface area contributed by atoms with Gasteiger partial charge in [-0.15, -0.1) is 0 Å². The number of benzene rings is 1. The number of aliphatic hydroxyl groups excluding tert-OH is 2. The number of hydrogen-bond acceptors (Lipinski definition) is 3. The van der Waals surface area contributed by atoms with Gasteiger partial charge in [-0.1, -0.05) is 6.07 Å². The maximum atomic E-state index is 12.9. The molecule has 80 valence electrons. The quantitative estimate of drug-likeness (QED) is 0.791. The predicted molar refractivity (Wildman–Crippen MR) is 52.3 cm³/mol. The molecule has 2 N–H and O–H groups in total. The Morgan fingerprint density at radius 3 is 2.73 bits per heavy atom. The average Bonchev–Trinajstić information content (AvgIpc) is 2.21. The van der Waals surface area contributed by atoms with Crippen molar-refractivity contribution in [1.82, 2.24) is 0 Å². The van der Waals surface area contributed by atoms with Crippen molar-refractivity contribution in [2.24, 2.45) is 0 Å². The van der Waals surface area contributed by atoms with E-state index in [-0.39, 0.29) is 6.42 Å². The molecule has 0 spiro atoms. The van der Waals surface area contributed by atoms with Crippen molar-refractivity contribution >= 4 is 0 Å². The van der Waals surface area contributed by atoms with Crippen LogP contribution < -0.4 is 0 Å². The Hall–Kier alpha value is -1.44. The van der Waals surface area contributed by atoms with Gasteiger partial charge >= 0.3 is 0 Å². The van der Waals surface area contributed by atoms with Crippen LogP contribution in [0.3, 0.4) is 0 Å². The summed E-state index contributed by atoms with van der Waals surface area (Å²) < 4.78 is 12.9. The van der Waals surface area contributed by atoms with Crippen molar-refractivity contribution in [3.05, 3.63) is 35.1 Å².